The number of fused-ring (bicyclic) bond motifs is 5. The number of aromatic nitrogens is 5. The van der Waals surface area contributed by atoms with Crippen LogP contribution in [0.5, 0.6) is 0 Å². The standard InChI is InChI=1S/C30H23N5/c1-2-10-21(11-3-1)20-28-31-25-15-7-9-17-27(25)34(28)18-19-35-26-16-8-4-12-22(26)29-30(35)33-24-14-6-5-13-23(24)32-29/h1-17H,18-20H2. The topological polar surface area (TPSA) is 48.5 Å². The van der Waals surface area contributed by atoms with E-state index in [0.717, 1.165) is 69.5 Å². The molecule has 3 heterocycles. The summed E-state index contributed by atoms with van der Waals surface area (Å²) in [6.07, 6.45) is 0.799. The van der Waals surface area contributed by atoms with Crippen molar-refractivity contribution in [3.63, 3.8) is 0 Å². The zero-order valence-electron chi connectivity index (χ0n) is 19.2. The largest absolute Gasteiger partial charge is 0.326 e. The Balaban J connectivity index is 1.35. The predicted octanol–water partition coefficient (Wildman–Crippen LogP) is 6.38. The third kappa shape index (κ3) is 3.36. The molecule has 3 aromatic heterocycles. The van der Waals surface area contributed by atoms with Gasteiger partial charge in [0.2, 0.25) is 0 Å². The molecule has 0 aliphatic rings. The Hall–Kier alpha value is -4.51. The average Bonchev–Trinajstić information content (AvgIpc) is 3.41. The Morgan fingerprint density at radius 1 is 0.514 bits per heavy atom. The summed E-state index contributed by atoms with van der Waals surface area (Å²) in [6.45, 7) is 1.57. The highest BCUT2D eigenvalue weighted by molar-refractivity contribution is 6.06. The van der Waals surface area contributed by atoms with Gasteiger partial charge in [0.15, 0.2) is 5.65 Å². The van der Waals surface area contributed by atoms with Crippen LogP contribution in [0.25, 0.3) is 44.1 Å². The lowest BCUT2D eigenvalue weighted by atomic mass is 10.1. The van der Waals surface area contributed by atoms with Crippen LogP contribution in [-0.2, 0) is 19.5 Å². The summed E-state index contributed by atoms with van der Waals surface area (Å²) in [5, 5.41) is 1.14. The zero-order valence-corrected chi connectivity index (χ0v) is 19.2. The van der Waals surface area contributed by atoms with Crippen LogP contribution >= 0.6 is 0 Å². The van der Waals surface area contributed by atoms with E-state index in [1.807, 2.05) is 24.3 Å². The molecule has 4 aromatic carbocycles. The van der Waals surface area contributed by atoms with Gasteiger partial charge >= 0.3 is 0 Å². The Kier molecular flexibility index (Phi) is 4.59. The highest BCUT2D eigenvalue weighted by Crippen LogP contribution is 2.29. The van der Waals surface area contributed by atoms with Crippen LogP contribution in [-0.4, -0.2) is 24.1 Å². The van der Waals surface area contributed by atoms with E-state index in [9.17, 15) is 0 Å². The summed E-state index contributed by atoms with van der Waals surface area (Å²) in [7, 11) is 0. The van der Waals surface area contributed by atoms with Gasteiger partial charge in [0.05, 0.1) is 27.6 Å². The average molecular weight is 454 g/mol. The van der Waals surface area contributed by atoms with E-state index in [-0.39, 0.29) is 0 Å². The van der Waals surface area contributed by atoms with Crippen molar-refractivity contribution in [1.29, 1.82) is 0 Å². The van der Waals surface area contributed by atoms with Gasteiger partial charge in [-0.1, -0.05) is 72.8 Å². The monoisotopic (exact) mass is 453 g/mol. The summed E-state index contributed by atoms with van der Waals surface area (Å²) in [6, 6.07) is 35.5. The van der Waals surface area contributed by atoms with Crippen molar-refractivity contribution in [1.82, 2.24) is 24.1 Å². The maximum Gasteiger partial charge on any atom is 0.160 e. The van der Waals surface area contributed by atoms with Crippen LogP contribution in [0.1, 0.15) is 11.4 Å². The lowest BCUT2D eigenvalue weighted by Crippen LogP contribution is -2.11. The molecule has 0 saturated heterocycles. The summed E-state index contributed by atoms with van der Waals surface area (Å²) in [5.74, 6) is 1.08. The number of nitrogens with zero attached hydrogens (tertiary/aromatic N) is 5. The van der Waals surface area contributed by atoms with E-state index in [0.29, 0.717) is 0 Å². The van der Waals surface area contributed by atoms with E-state index >= 15 is 0 Å². The minimum atomic E-state index is 0.777. The van der Waals surface area contributed by atoms with Gasteiger partial charge in [-0.05, 0) is 35.9 Å². The third-order valence-electron chi connectivity index (χ3n) is 6.74. The third-order valence-corrected chi connectivity index (χ3v) is 6.74. The van der Waals surface area contributed by atoms with E-state index in [4.69, 9.17) is 15.0 Å². The quantitative estimate of drug-likeness (QED) is 0.304. The lowest BCUT2D eigenvalue weighted by Gasteiger charge is -2.12. The number of hydrogen-bond acceptors (Lipinski definition) is 3. The van der Waals surface area contributed by atoms with Gasteiger partial charge in [-0.25, -0.2) is 15.0 Å². The van der Waals surface area contributed by atoms with Gasteiger partial charge in [0.1, 0.15) is 11.3 Å². The summed E-state index contributed by atoms with van der Waals surface area (Å²) in [5.41, 5.74) is 8.35. The molecule has 5 heteroatoms. The SMILES string of the molecule is c1ccc(Cc2nc3ccccc3n2CCn2c3ccccc3c3nc4ccccc4nc32)cc1. The molecule has 0 spiro atoms. The van der Waals surface area contributed by atoms with Gasteiger partial charge in [-0.15, -0.1) is 0 Å². The molecular weight excluding hydrogens is 430 g/mol. The number of imidazole rings is 1. The molecule has 0 saturated carbocycles. The lowest BCUT2D eigenvalue weighted by molar-refractivity contribution is 0.594. The molecule has 0 bridgehead atoms. The van der Waals surface area contributed by atoms with Crippen molar-refractivity contribution in [2.24, 2.45) is 0 Å². The first kappa shape index (κ1) is 19.9. The second-order valence-corrected chi connectivity index (χ2v) is 8.88. The highest BCUT2D eigenvalue weighted by atomic mass is 15.1. The molecule has 0 radical (unpaired) electrons. The fourth-order valence-electron chi connectivity index (χ4n) is 5.10. The molecular formula is C30H23N5. The minimum Gasteiger partial charge on any atom is -0.326 e. The second-order valence-electron chi connectivity index (χ2n) is 8.88. The molecule has 168 valence electrons. The Morgan fingerprint density at radius 3 is 1.97 bits per heavy atom. The predicted molar refractivity (Wildman–Crippen MR) is 142 cm³/mol. The highest BCUT2D eigenvalue weighted by Gasteiger charge is 2.16. The van der Waals surface area contributed by atoms with Gasteiger partial charge in [-0.2, -0.15) is 0 Å². The molecule has 0 aliphatic heterocycles. The van der Waals surface area contributed by atoms with E-state index in [1.165, 1.54) is 5.56 Å². The first-order chi connectivity index (χ1) is 17.3. The maximum absolute atomic E-state index is 5.04. The maximum atomic E-state index is 5.04. The van der Waals surface area contributed by atoms with Crippen LogP contribution in [0.4, 0.5) is 0 Å². The van der Waals surface area contributed by atoms with Crippen molar-refractivity contribution in [3.05, 3.63) is 115 Å². The smallest absolute Gasteiger partial charge is 0.160 e. The van der Waals surface area contributed by atoms with Gasteiger partial charge in [-0.3, -0.25) is 0 Å². The summed E-state index contributed by atoms with van der Waals surface area (Å²) < 4.78 is 4.67. The van der Waals surface area contributed by atoms with Crippen LogP contribution < -0.4 is 0 Å². The fraction of sp³-hybridized carbons (Fsp3) is 0.100. The van der Waals surface area contributed by atoms with Crippen LogP contribution in [0.15, 0.2) is 103 Å². The van der Waals surface area contributed by atoms with Crippen molar-refractivity contribution >= 4 is 44.1 Å². The van der Waals surface area contributed by atoms with Gasteiger partial charge in [0, 0.05) is 24.9 Å². The molecule has 35 heavy (non-hydrogen) atoms. The van der Waals surface area contributed by atoms with Gasteiger partial charge in [0.25, 0.3) is 0 Å². The molecule has 0 fully saturated rings. The van der Waals surface area contributed by atoms with E-state index in [2.05, 4.69) is 88.0 Å². The fourth-order valence-corrected chi connectivity index (χ4v) is 5.10. The van der Waals surface area contributed by atoms with Crippen molar-refractivity contribution in [2.75, 3.05) is 0 Å². The first-order valence-electron chi connectivity index (χ1n) is 12.0. The number of aryl methyl sites for hydroxylation is 2. The molecule has 7 aromatic rings. The number of rotatable bonds is 5. The first-order valence-corrected chi connectivity index (χ1v) is 12.0. The minimum absolute atomic E-state index is 0.777. The van der Waals surface area contributed by atoms with Crippen LogP contribution in [0.2, 0.25) is 0 Å². The molecule has 0 aliphatic carbocycles. The Morgan fingerprint density at radius 2 is 1.14 bits per heavy atom. The molecule has 0 unspecified atom stereocenters. The van der Waals surface area contributed by atoms with Gasteiger partial charge < -0.3 is 9.13 Å². The number of benzene rings is 4. The van der Waals surface area contributed by atoms with E-state index in [1.54, 1.807) is 0 Å². The van der Waals surface area contributed by atoms with Crippen LogP contribution in [0, 0.1) is 0 Å². The van der Waals surface area contributed by atoms with Crippen molar-refractivity contribution in [3.8, 4) is 0 Å². The van der Waals surface area contributed by atoms with E-state index < -0.39 is 0 Å². The Bertz CT molecular complexity index is 1830. The second kappa shape index (κ2) is 8.06. The summed E-state index contributed by atoms with van der Waals surface area (Å²) in [4.78, 5) is 15.0. The van der Waals surface area contributed by atoms with Crippen LogP contribution in [0.3, 0.4) is 0 Å². The van der Waals surface area contributed by atoms with Crippen molar-refractivity contribution < 1.29 is 0 Å². The zero-order chi connectivity index (χ0) is 23.2. The molecule has 0 N–H and O–H groups in total. The number of hydrogen-bond donors (Lipinski definition) is 0. The molecule has 5 nitrogen and oxygen atoms in total. The molecule has 0 amide bonds. The number of para-hydroxylation sites is 5. The molecule has 7 rings (SSSR count). The molecule has 0 atom stereocenters. The van der Waals surface area contributed by atoms with Crippen molar-refractivity contribution in [2.45, 2.75) is 19.5 Å². The normalized spacial score (nSPS) is 11.8. The Labute approximate surface area is 202 Å². The summed E-state index contributed by atoms with van der Waals surface area (Å²) >= 11 is 0.